The Kier molecular flexibility index (Phi) is 5.28. The highest BCUT2D eigenvalue weighted by Gasteiger charge is 2.46. The van der Waals surface area contributed by atoms with E-state index in [2.05, 4.69) is 24.3 Å². The molecule has 140 valence electrons. The minimum absolute atomic E-state index is 0.0705. The average Bonchev–Trinajstić information content (AvgIpc) is 2.98. The van der Waals surface area contributed by atoms with E-state index in [1.165, 1.54) is 15.4 Å². The van der Waals surface area contributed by atoms with Gasteiger partial charge in [0.05, 0.1) is 25.2 Å². The van der Waals surface area contributed by atoms with Crippen LogP contribution in [0.15, 0.2) is 54.6 Å². The Hall–Kier alpha value is -2.17. The normalized spacial score (nSPS) is 25.8. The van der Waals surface area contributed by atoms with Crippen LogP contribution in [0.5, 0.6) is 0 Å². The van der Waals surface area contributed by atoms with E-state index in [0.29, 0.717) is 23.0 Å². The summed E-state index contributed by atoms with van der Waals surface area (Å²) in [5.74, 6) is 0.487. The van der Waals surface area contributed by atoms with E-state index < -0.39 is 0 Å². The Morgan fingerprint density at radius 3 is 2.30 bits per heavy atom. The zero-order valence-corrected chi connectivity index (χ0v) is 16.0. The van der Waals surface area contributed by atoms with Crippen molar-refractivity contribution in [1.82, 2.24) is 0 Å². The Morgan fingerprint density at radius 1 is 0.963 bits per heavy atom. The van der Waals surface area contributed by atoms with Gasteiger partial charge in [-0.15, -0.1) is 0 Å². The predicted molar refractivity (Wildman–Crippen MR) is 106 cm³/mol. The fraction of sp³-hybridized carbons (Fsp3) is 0.364. The van der Waals surface area contributed by atoms with Crippen LogP contribution in [0.4, 0.5) is 5.69 Å². The number of rotatable bonds is 4. The zero-order valence-electron chi connectivity index (χ0n) is 15.2. The smallest absolute Gasteiger partial charge is 0.292 e. The number of imide groups is 1. The first-order valence-electron chi connectivity index (χ1n) is 9.62. The molecule has 0 unspecified atom stereocenters. The Labute approximate surface area is 164 Å². The van der Waals surface area contributed by atoms with Crippen LogP contribution in [0.2, 0.25) is 5.02 Å². The number of hydrogen-bond acceptors (Lipinski definition) is 2. The molecule has 2 aromatic carbocycles. The number of carbonyl (C=O) groups is 2. The Morgan fingerprint density at radius 2 is 1.63 bits per heavy atom. The maximum absolute atomic E-state index is 12.9. The number of quaternary nitrogens is 1. The lowest BCUT2D eigenvalue weighted by Gasteiger charge is -2.32. The lowest BCUT2D eigenvalue weighted by Crippen LogP contribution is -3.17. The highest BCUT2D eigenvalue weighted by molar-refractivity contribution is 6.30. The number of likely N-dealkylation sites (tertiary alicyclic amines) is 1. The molecule has 2 aliphatic heterocycles. The van der Waals surface area contributed by atoms with Gasteiger partial charge in [-0.2, -0.15) is 0 Å². The number of amides is 2. The van der Waals surface area contributed by atoms with E-state index in [1.807, 2.05) is 6.07 Å². The fourth-order valence-electron chi connectivity index (χ4n) is 4.36. The minimum Gasteiger partial charge on any atom is -0.324 e. The summed E-state index contributed by atoms with van der Waals surface area (Å²) in [6, 6.07) is 17.2. The van der Waals surface area contributed by atoms with E-state index >= 15 is 0 Å². The monoisotopic (exact) mass is 383 g/mol. The van der Waals surface area contributed by atoms with E-state index in [1.54, 1.807) is 24.3 Å². The van der Waals surface area contributed by atoms with Crippen molar-refractivity contribution >= 4 is 29.1 Å². The van der Waals surface area contributed by atoms with Crippen LogP contribution in [0.1, 0.15) is 24.8 Å². The van der Waals surface area contributed by atoms with Gasteiger partial charge >= 0.3 is 0 Å². The number of piperidine rings is 1. The molecule has 0 bridgehead atoms. The minimum atomic E-state index is -0.245. The van der Waals surface area contributed by atoms with Crippen molar-refractivity contribution < 1.29 is 14.5 Å². The van der Waals surface area contributed by atoms with Gasteiger partial charge in [0, 0.05) is 5.02 Å². The Bertz CT molecular complexity index is 814. The second kappa shape index (κ2) is 7.83. The first-order chi connectivity index (χ1) is 13.1. The molecule has 1 N–H and O–H groups in total. The van der Waals surface area contributed by atoms with Gasteiger partial charge in [0.15, 0.2) is 6.04 Å². The number of anilines is 1. The van der Waals surface area contributed by atoms with Crippen molar-refractivity contribution in [2.75, 3.05) is 18.0 Å². The maximum atomic E-state index is 12.9. The predicted octanol–water partition coefficient (Wildman–Crippen LogP) is 2.51. The first kappa shape index (κ1) is 18.2. The summed E-state index contributed by atoms with van der Waals surface area (Å²) in [7, 11) is 0. The van der Waals surface area contributed by atoms with Crippen molar-refractivity contribution in [3.05, 3.63) is 65.2 Å². The molecule has 0 aromatic heterocycles. The molecule has 2 heterocycles. The van der Waals surface area contributed by atoms with Gasteiger partial charge < -0.3 is 4.90 Å². The standard InChI is InChI=1S/C22H23ClN2O2/c23-18-6-8-19(9-7-18)25-21(26)15-20(22(25)27)24-12-10-17(11-13-24)14-16-4-2-1-3-5-16/h1-9,17,20H,10-15H2/p+1/t20-/m0/s1. The van der Waals surface area contributed by atoms with Gasteiger partial charge in [-0.05, 0) is 55.0 Å². The molecule has 27 heavy (non-hydrogen) atoms. The largest absolute Gasteiger partial charge is 0.324 e. The molecule has 2 aliphatic rings. The summed E-state index contributed by atoms with van der Waals surface area (Å²) in [6.07, 6.45) is 3.61. The van der Waals surface area contributed by atoms with Gasteiger partial charge in [-0.25, -0.2) is 4.90 Å². The van der Waals surface area contributed by atoms with Crippen LogP contribution >= 0.6 is 11.6 Å². The lowest BCUT2D eigenvalue weighted by atomic mass is 9.89. The SMILES string of the molecule is O=C1C[C@H]([NH+]2CCC(Cc3ccccc3)CC2)C(=O)N1c1ccc(Cl)cc1. The van der Waals surface area contributed by atoms with Crippen molar-refractivity contribution in [2.45, 2.75) is 31.7 Å². The summed E-state index contributed by atoms with van der Waals surface area (Å²) in [4.78, 5) is 28.0. The molecule has 2 saturated heterocycles. The maximum Gasteiger partial charge on any atom is 0.292 e. The molecule has 1 atom stereocenters. The summed E-state index contributed by atoms with van der Waals surface area (Å²) in [6.45, 7) is 1.91. The number of carbonyl (C=O) groups excluding carboxylic acids is 2. The number of benzene rings is 2. The number of halogens is 1. The molecule has 4 nitrogen and oxygen atoms in total. The molecule has 0 radical (unpaired) electrons. The van der Waals surface area contributed by atoms with Gasteiger partial charge in [0.2, 0.25) is 5.91 Å². The van der Waals surface area contributed by atoms with Gasteiger partial charge in [0.25, 0.3) is 5.91 Å². The van der Waals surface area contributed by atoms with Crippen molar-refractivity contribution in [1.29, 1.82) is 0 Å². The molecular weight excluding hydrogens is 360 g/mol. The number of hydrogen-bond donors (Lipinski definition) is 1. The molecular formula is C22H24ClN2O2+. The van der Waals surface area contributed by atoms with Crippen LogP contribution in [-0.4, -0.2) is 30.9 Å². The number of nitrogens with zero attached hydrogens (tertiary/aromatic N) is 1. The van der Waals surface area contributed by atoms with Gasteiger partial charge in [0.1, 0.15) is 0 Å². The summed E-state index contributed by atoms with van der Waals surface area (Å²) in [5.41, 5.74) is 2.00. The summed E-state index contributed by atoms with van der Waals surface area (Å²) < 4.78 is 0. The third-order valence-electron chi connectivity index (χ3n) is 5.84. The topological polar surface area (TPSA) is 41.8 Å². The van der Waals surface area contributed by atoms with Crippen LogP contribution < -0.4 is 9.80 Å². The first-order valence-corrected chi connectivity index (χ1v) is 10.0. The van der Waals surface area contributed by atoms with Crippen LogP contribution in [0, 0.1) is 5.92 Å². The third kappa shape index (κ3) is 3.92. The average molecular weight is 384 g/mol. The molecule has 5 heteroatoms. The van der Waals surface area contributed by atoms with Gasteiger partial charge in [-0.3, -0.25) is 9.59 Å². The molecule has 0 aliphatic carbocycles. The van der Waals surface area contributed by atoms with E-state index in [9.17, 15) is 9.59 Å². The molecule has 0 spiro atoms. The fourth-order valence-corrected chi connectivity index (χ4v) is 4.49. The zero-order chi connectivity index (χ0) is 18.8. The summed E-state index contributed by atoms with van der Waals surface area (Å²) in [5, 5.41) is 0.598. The quantitative estimate of drug-likeness (QED) is 0.824. The highest BCUT2D eigenvalue weighted by atomic mass is 35.5. The highest BCUT2D eigenvalue weighted by Crippen LogP contribution is 2.24. The number of nitrogens with one attached hydrogen (secondary N) is 1. The molecule has 4 rings (SSSR count). The summed E-state index contributed by atoms with van der Waals surface area (Å²) >= 11 is 5.92. The van der Waals surface area contributed by atoms with E-state index in [0.717, 1.165) is 32.4 Å². The lowest BCUT2D eigenvalue weighted by molar-refractivity contribution is -0.920. The third-order valence-corrected chi connectivity index (χ3v) is 6.09. The van der Waals surface area contributed by atoms with Crippen LogP contribution in [-0.2, 0) is 16.0 Å². The van der Waals surface area contributed by atoms with Crippen molar-refractivity contribution in [2.24, 2.45) is 5.92 Å². The Balaban J connectivity index is 1.38. The van der Waals surface area contributed by atoms with Gasteiger partial charge in [-0.1, -0.05) is 41.9 Å². The van der Waals surface area contributed by atoms with Crippen LogP contribution in [0.25, 0.3) is 0 Å². The molecule has 2 fully saturated rings. The molecule has 0 saturated carbocycles. The second-order valence-corrected chi connectivity index (χ2v) is 8.03. The van der Waals surface area contributed by atoms with E-state index in [-0.39, 0.29) is 17.9 Å². The van der Waals surface area contributed by atoms with Crippen molar-refractivity contribution in [3.63, 3.8) is 0 Å². The van der Waals surface area contributed by atoms with E-state index in [4.69, 9.17) is 11.6 Å². The van der Waals surface area contributed by atoms with Crippen LogP contribution in [0.3, 0.4) is 0 Å². The second-order valence-electron chi connectivity index (χ2n) is 7.59. The molecule has 2 amide bonds. The van der Waals surface area contributed by atoms with Crippen molar-refractivity contribution in [3.8, 4) is 0 Å². The molecule has 2 aromatic rings.